The third-order valence-corrected chi connectivity index (χ3v) is 3.07. The zero-order chi connectivity index (χ0) is 11.4. The number of para-hydroxylation sites is 1. The number of benzene rings is 1. The molecule has 0 fully saturated rings. The highest BCUT2D eigenvalue weighted by atomic mass is 32.1. The Labute approximate surface area is 97.9 Å². The molecular weight excluding hydrogens is 220 g/mol. The molecule has 0 bridgehead atoms. The van der Waals surface area contributed by atoms with E-state index in [2.05, 4.69) is 11.1 Å². The Morgan fingerprint density at radius 1 is 1.44 bits per heavy atom. The highest BCUT2D eigenvalue weighted by Gasteiger charge is 2.09. The molecule has 0 spiro atoms. The molecule has 0 aliphatic heterocycles. The summed E-state index contributed by atoms with van der Waals surface area (Å²) in [7, 11) is 1.64. The van der Waals surface area contributed by atoms with Gasteiger partial charge in [-0.15, -0.1) is 11.3 Å². The van der Waals surface area contributed by atoms with Gasteiger partial charge in [-0.05, 0) is 12.1 Å². The van der Waals surface area contributed by atoms with Gasteiger partial charge in [-0.3, -0.25) is 0 Å². The molecule has 0 saturated heterocycles. The van der Waals surface area contributed by atoms with Gasteiger partial charge in [0.25, 0.3) is 0 Å². The van der Waals surface area contributed by atoms with E-state index in [1.54, 1.807) is 7.11 Å². The van der Waals surface area contributed by atoms with E-state index in [4.69, 9.17) is 10.00 Å². The quantitative estimate of drug-likeness (QED) is 0.814. The molecule has 0 amide bonds. The van der Waals surface area contributed by atoms with Gasteiger partial charge in [0.05, 0.1) is 30.9 Å². The van der Waals surface area contributed by atoms with E-state index in [1.165, 1.54) is 11.3 Å². The van der Waals surface area contributed by atoms with Gasteiger partial charge in [-0.25, -0.2) is 4.98 Å². The number of hydrogen-bond donors (Lipinski definition) is 0. The first-order chi connectivity index (χ1) is 7.85. The Morgan fingerprint density at radius 2 is 2.25 bits per heavy atom. The Balaban J connectivity index is 2.39. The minimum Gasteiger partial charge on any atom is -0.496 e. The molecular formula is C12H10N2OS. The van der Waals surface area contributed by atoms with Crippen molar-refractivity contribution in [1.82, 2.24) is 4.98 Å². The van der Waals surface area contributed by atoms with Crippen molar-refractivity contribution in [2.75, 3.05) is 7.11 Å². The lowest BCUT2D eigenvalue weighted by molar-refractivity contribution is 0.416. The van der Waals surface area contributed by atoms with E-state index in [-0.39, 0.29) is 0 Å². The topological polar surface area (TPSA) is 45.9 Å². The molecule has 0 N–H and O–H groups in total. The number of ether oxygens (including phenoxy) is 1. The maximum absolute atomic E-state index is 8.59. The van der Waals surface area contributed by atoms with Crippen LogP contribution in [0.2, 0.25) is 0 Å². The molecule has 0 radical (unpaired) electrons. The number of methoxy groups -OCH3 is 1. The molecule has 16 heavy (non-hydrogen) atoms. The lowest BCUT2D eigenvalue weighted by Gasteiger charge is -2.04. The Hall–Kier alpha value is -1.86. The van der Waals surface area contributed by atoms with Crippen LogP contribution in [0.1, 0.15) is 5.69 Å². The lowest BCUT2D eigenvalue weighted by Crippen LogP contribution is -1.87. The zero-order valence-corrected chi connectivity index (χ0v) is 9.62. The highest BCUT2D eigenvalue weighted by Crippen LogP contribution is 2.31. The Morgan fingerprint density at radius 3 is 3.00 bits per heavy atom. The van der Waals surface area contributed by atoms with Gasteiger partial charge in [0.1, 0.15) is 10.8 Å². The van der Waals surface area contributed by atoms with Crippen molar-refractivity contribution in [3.8, 4) is 22.4 Å². The van der Waals surface area contributed by atoms with Crippen molar-refractivity contribution in [2.45, 2.75) is 6.42 Å². The SMILES string of the molecule is COc1ccccc1-c1nc(CC#N)cs1. The maximum atomic E-state index is 8.59. The molecule has 0 aliphatic rings. The standard InChI is InChI=1S/C12H10N2OS/c1-15-11-5-3-2-4-10(11)12-14-9(6-7-13)8-16-12/h2-5,8H,6H2,1H3. The summed E-state index contributed by atoms with van der Waals surface area (Å²) in [4.78, 5) is 4.39. The number of hydrogen-bond acceptors (Lipinski definition) is 4. The van der Waals surface area contributed by atoms with Crippen molar-refractivity contribution in [1.29, 1.82) is 5.26 Å². The van der Waals surface area contributed by atoms with E-state index in [0.717, 1.165) is 22.0 Å². The largest absolute Gasteiger partial charge is 0.496 e. The third-order valence-electron chi connectivity index (χ3n) is 2.15. The van der Waals surface area contributed by atoms with Crippen LogP contribution < -0.4 is 4.74 Å². The van der Waals surface area contributed by atoms with E-state index in [1.807, 2.05) is 29.6 Å². The molecule has 1 heterocycles. The predicted molar refractivity (Wildman–Crippen MR) is 63.4 cm³/mol. The average Bonchev–Trinajstić information content (AvgIpc) is 2.78. The molecule has 1 aromatic heterocycles. The summed E-state index contributed by atoms with van der Waals surface area (Å²) in [6.45, 7) is 0. The Kier molecular flexibility index (Phi) is 3.18. The van der Waals surface area contributed by atoms with E-state index >= 15 is 0 Å². The fourth-order valence-electron chi connectivity index (χ4n) is 1.41. The number of nitriles is 1. The van der Waals surface area contributed by atoms with Crippen molar-refractivity contribution >= 4 is 11.3 Å². The van der Waals surface area contributed by atoms with E-state index in [0.29, 0.717) is 6.42 Å². The van der Waals surface area contributed by atoms with Crippen LogP contribution in [-0.2, 0) is 6.42 Å². The molecule has 2 aromatic rings. The summed E-state index contributed by atoms with van der Waals surface area (Å²) in [6, 6.07) is 9.83. The van der Waals surface area contributed by atoms with Crippen LogP contribution in [0.15, 0.2) is 29.6 Å². The van der Waals surface area contributed by atoms with Gasteiger partial charge in [0.15, 0.2) is 0 Å². The van der Waals surface area contributed by atoms with Crippen molar-refractivity contribution in [3.63, 3.8) is 0 Å². The monoisotopic (exact) mass is 230 g/mol. The predicted octanol–water partition coefficient (Wildman–Crippen LogP) is 2.88. The number of nitrogens with zero attached hydrogens (tertiary/aromatic N) is 2. The smallest absolute Gasteiger partial charge is 0.129 e. The molecule has 0 aliphatic carbocycles. The molecule has 3 nitrogen and oxygen atoms in total. The van der Waals surface area contributed by atoms with Gasteiger partial charge in [-0.2, -0.15) is 5.26 Å². The van der Waals surface area contributed by atoms with Crippen molar-refractivity contribution in [2.24, 2.45) is 0 Å². The van der Waals surface area contributed by atoms with Gasteiger partial charge in [0, 0.05) is 5.38 Å². The zero-order valence-electron chi connectivity index (χ0n) is 8.80. The first-order valence-electron chi connectivity index (χ1n) is 4.80. The molecule has 4 heteroatoms. The lowest BCUT2D eigenvalue weighted by atomic mass is 10.2. The van der Waals surface area contributed by atoms with Crippen LogP contribution in [0.4, 0.5) is 0 Å². The molecule has 0 saturated carbocycles. The number of thiazole rings is 1. The van der Waals surface area contributed by atoms with Gasteiger partial charge >= 0.3 is 0 Å². The summed E-state index contributed by atoms with van der Waals surface area (Å²) >= 11 is 1.53. The second kappa shape index (κ2) is 4.77. The van der Waals surface area contributed by atoms with Crippen molar-refractivity contribution < 1.29 is 4.74 Å². The fourth-order valence-corrected chi connectivity index (χ4v) is 2.26. The van der Waals surface area contributed by atoms with Crippen LogP contribution in [0.5, 0.6) is 5.75 Å². The maximum Gasteiger partial charge on any atom is 0.129 e. The second-order valence-corrected chi connectivity index (χ2v) is 4.04. The molecule has 1 aromatic carbocycles. The number of aromatic nitrogens is 1. The normalized spacial score (nSPS) is 9.75. The summed E-state index contributed by atoms with van der Waals surface area (Å²) in [5.41, 5.74) is 1.78. The van der Waals surface area contributed by atoms with Crippen LogP contribution in [-0.4, -0.2) is 12.1 Å². The summed E-state index contributed by atoms with van der Waals surface area (Å²) in [6.07, 6.45) is 0.353. The van der Waals surface area contributed by atoms with Gasteiger partial charge < -0.3 is 4.74 Å². The van der Waals surface area contributed by atoms with Crippen LogP contribution in [0, 0.1) is 11.3 Å². The Bertz CT molecular complexity index is 528. The molecule has 80 valence electrons. The van der Waals surface area contributed by atoms with Gasteiger partial charge in [-0.1, -0.05) is 12.1 Å². The molecule has 0 atom stereocenters. The summed E-state index contributed by atoms with van der Waals surface area (Å²) in [5, 5.41) is 11.4. The van der Waals surface area contributed by atoms with Crippen LogP contribution in [0.25, 0.3) is 10.6 Å². The average molecular weight is 230 g/mol. The second-order valence-electron chi connectivity index (χ2n) is 3.18. The molecule has 0 unspecified atom stereocenters. The molecule has 2 rings (SSSR count). The van der Waals surface area contributed by atoms with Gasteiger partial charge in [0.2, 0.25) is 0 Å². The number of rotatable bonds is 3. The first kappa shape index (κ1) is 10.7. The van der Waals surface area contributed by atoms with E-state index in [9.17, 15) is 0 Å². The minimum absolute atomic E-state index is 0.353. The van der Waals surface area contributed by atoms with Crippen LogP contribution >= 0.6 is 11.3 Å². The first-order valence-corrected chi connectivity index (χ1v) is 5.68. The summed E-state index contributed by atoms with van der Waals surface area (Å²) < 4.78 is 5.27. The fraction of sp³-hybridized carbons (Fsp3) is 0.167. The highest BCUT2D eigenvalue weighted by molar-refractivity contribution is 7.13. The van der Waals surface area contributed by atoms with Crippen LogP contribution in [0.3, 0.4) is 0 Å². The summed E-state index contributed by atoms with van der Waals surface area (Å²) in [5.74, 6) is 0.806. The third kappa shape index (κ3) is 2.05. The van der Waals surface area contributed by atoms with E-state index < -0.39 is 0 Å². The minimum atomic E-state index is 0.353. The van der Waals surface area contributed by atoms with Crippen molar-refractivity contribution in [3.05, 3.63) is 35.3 Å².